The van der Waals surface area contributed by atoms with Gasteiger partial charge in [0.2, 0.25) is 0 Å². The van der Waals surface area contributed by atoms with Crippen molar-refractivity contribution in [2.75, 3.05) is 26.7 Å². The third-order valence-electron chi connectivity index (χ3n) is 5.85. The molecule has 0 bridgehead atoms. The van der Waals surface area contributed by atoms with Crippen LogP contribution in [-0.4, -0.2) is 39.5 Å². The van der Waals surface area contributed by atoms with Gasteiger partial charge in [0.1, 0.15) is 13.1 Å². The lowest BCUT2D eigenvalue weighted by Gasteiger charge is -2.39. The van der Waals surface area contributed by atoms with Crippen LogP contribution in [-0.2, 0) is 17.4 Å². The fourth-order valence-electron chi connectivity index (χ4n) is 3.97. The van der Waals surface area contributed by atoms with Crippen LogP contribution in [0.1, 0.15) is 56.6 Å². The van der Waals surface area contributed by atoms with Gasteiger partial charge in [-0.15, -0.1) is 0 Å². The molecule has 0 spiro atoms. The van der Waals surface area contributed by atoms with Crippen LogP contribution in [0.3, 0.4) is 0 Å². The summed E-state index contributed by atoms with van der Waals surface area (Å²) in [5, 5.41) is 0. The molecule has 1 aliphatic heterocycles. The Bertz CT molecular complexity index is 517. The van der Waals surface area contributed by atoms with E-state index in [1.54, 1.807) is 11.1 Å². The summed E-state index contributed by atoms with van der Waals surface area (Å²) in [6, 6.07) is 10.3. The number of unbranched alkanes of at least 4 members (excludes halogenated alkanes) is 5. The number of fused-ring (bicyclic) bond motifs is 1. The first-order valence-corrected chi connectivity index (χ1v) is 13.6. The molecule has 0 amide bonds. The minimum atomic E-state index is -1.47. The predicted molar refractivity (Wildman–Crippen MR) is 111 cm³/mol. The molecule has 2 rings (SSSR count). The lowest BCUT2D eigenvalue weighted by Crippen LogP contribution is -2.50. The maximum atomic E-state index is 6.44. The van der Waals surface area contributed by atoms with Gasteiger partial charge in [0, 0.05) is 12.0 Å². The molecule has 0 aromatic heterocycles. The highest BCUT2D eigenvalue weighted by atomic mass is 28.4. The molecule has 0 saturated heterocycles. The quantitative estimate of drug-likeness (QED) is 0.276. The molecule has 2 nitrogen and oxygen atoms in total. The summed E-state index contributed by atoms with van der Waals surface area (Å²) in [5.74, 6) is 0. The van der Waals surface area contributed by atoms with Gasteiger partial charge >= 0.3 is 0 Å². The minimum Gasteiger partial charge on any atom is -0.412 e. The van der Waals surface area contributed by atoms with Crippen LogP contribution in [0, 0.1) is 0 Å². The average Bonchev–Trinajstić information content (AvgIpc) is 2.57. The lowest BCUT2D eigenvalue weighted by atomic mass is 9.98. The predicted octanol–water partition coefficient (Wildman–Crippen LogP) is 5.77. The van der Waals surface area contributed by atoms with Crippen LogP contribution < -0.4 is 0 Å². The van der Waals surface area contributed by atoms with E-state index < -0.39 is 8.32 Å². The lowest BCUT2D eigenvalue weighted by molar-refractivity contribution is -0.924. The van der Waals surface area contributed by atoms with Gasteiger partial charge < -0.3 is 8.91 Å². The summed E-state index contributed by atoms with van der Waals surface area (Å²) in [6.45, 7) is 11.6. The molecule has 1 aromatic carbocycles. The summed E-state index contributed by atoms with van der Waals surface area (Å²) < 4.78 is 7.57. The van der Waals surface area contributed by atoms with Crippen molar-refractivity contribution in [3.05, 3.63) is 35.4 Å². The van der Waals surface area contributed by atoms with Crippen LogP contribution in [0.25, 0.3) is 0 Å². The summed E-state index contributed by atoms with van der Waals surface area (Å²) in [4.78, 5) is 0. The van der Waals surface area contributed by atoms with E-state index >= 15 is 0 Å². The SMILES string of the molecule is CCCCCCCC[Si](C)(C)OCC[N+]1(C)CCc2ccccc2C1. The maximum Gasteiger partial charge on any atom is 0.187 e. The van der Waals surface area contributed by atoms with Crippen molar-refractivity contribution in [3.63, 3.8) is 0 Å². The van der Waals surface area contributed by atoms with E-state index in [0.717, 1.165) is 17.6 Å². The topological polar surface area (TPSA) is 9.23 Å². The molecular weight excluding hydrogens is 322 g/mol. The fraction of sp³-hybridized carbons (Fsp3) is 0.727. The van der Waals surface area contributed by atoms with E-state index in [4.69, 9.17) is 4.43 Å². The zero-order valence-corrected chi connectivity index (χ0v) is 18.2. The van der Waals surface area contributed by atoms with Crippen molar-refractivity contribution in [2.45, 2.75) is 77.6 Å². The Kier molecular flexibility index (Phi) is 8.18. The van der Waals surface area contributed by atoms with Crippen molar-refractivity contribution in [2.24, 2.45) is 0 Å². The highest BCUT2D eigenvalue weighted by Crippen LogP contribution is 2.24. The third kappa shape index (κ3) is 7.24. The Morgan fingerprint density at radius 1 is 1.00 bits per heavy atom. The summed E-state index contributed by atoms with van der Waals surface area (Å²) in [7, 11) is 0.933. The molecule has 142 valence electrons. The Morgan fingerprint density at radius 3 is 2.44 bits per heavy atom. The zero-order chi connectivity index (χ0) is 18.2. The van der Waals surface area contributed by atoms with Gasteiger partial charge in [-0.2, -0.15) is 0 Å². The summed E-state index contributed by atoms with van der Waals surface area (Å²) in [6.07, 6.45) is 9.53. The number of quaternary nitrogens is 1. The van der Waals surface area contributed by atoms with Crippen LogP contribution >= 0.6 is 0 Å². The Labute approximate surface area is 157 Å². The number of rotatable bonds is 11. The van der Waals surface area contributed by atoms with E-state index in [9.17, 15) is 0 Å². The molecule has 1 aliphatic rings. The smallest absolute Gasteiger partial charge is 0.187 e. The second-order valence-electron chi connectivity index (χ2n) is 8.87. The van der Waals surface area contributed by atoms with Gasteiger partial charge in [-0.25, -0.2) is 0 Å². The van der Waals surface area contributed by atoms with Crippen LogP contribution in [0.4, 0.5) is 0 Å². The monoisotopic (exact) mass is 362 g/mol. The number of hydrogen-bond acceptors (Lipinski definition) is 1. The highest BCUT2D eigenvalue weighted by molar-refractivity contribution is 6.71. The van der Waals surface area contributed by atoms with Crippen molar-refractivity contribution in [1.29, 1.82) is 0 Å². The van der Waals surface area contributed by atoms with Crippen LogP contribution in [0.2, 0.25) is 19.1 Å². The Hall–Kier alpha value is -0.643. The van der Waals surface area contributed by atoms with Gasteiger partial charge in [-0.3, -0.25) is 0 Å². The van der Waals surface area contributed by atoms with Crippen molar-refractivity contribution in [1.82, 2.24) is 0 Å². The van der Waals surface area contributed by atoms with Crippen molar-refractivity contribution in [3.8, 4) is 0 Å². The van der Waals surface area contributed by atoms with E-state index in [1.165, 1.54) is 64.1 Å². The fourth-order valence-corrected chi connectivity index (χ4v) is 5.86. The molecule has 0 N–H and O–H groups in total. The second-order valence-corrected chi connectivity index (χ2v) is 13.2. The molecular formula is C22H40NOSi+. The molecule has 0 radical (unpaired) electrons. The molecule has 0 saturated carbocycles. The van der Waals surface area contributed by atoms with E-state index in [1.807, 2.05) is 0 Å². The third-order valence-corrected chi connectivity index (χ3v) is 8.39. The highest BCUT2D eigenvalue weighted by Gasteiger charge is 2.29. The number of nitrogens with zero attached hydrogens (tertiary/aromatic N) is 1. The van der Waals surface area contributed by atoms with E-state index in [2.05, 4.69) is 51.3 Å². The van der Waals surface area contributed by atoms with E-state index in [0.29, 0.717) is 0 Å². The molecule has 1 aromatic rings. The van der Waals surface area contributed by atoms with Crippen molar-refractivity contribution >= 4 is 8.32 Å². The summed E-state index contributed by atoms with van der Waals surface area (Å²) >= 11 is 0. The first kappa shape index (κ1) is 20.7. The standard InChI is InChI=1S/C22H40NOSi/c1-5-6-7-8-9-12-19-25(3,4)24-18-17-23(2)16-15-21-13-10-11-14-22(21)20-23/h10-11,13-14H,5-9,12,15-20H2,1-4H3/q+1. The van der Waals surface area contributed by atoms with Gasteiger partial charge in [0.25, 0.3) is 0 Å². The van der Waals surface area contributed by atoms with Crippen molar-refractivity contribution < 1.29 is 8.91 Å². The molecule has 25 heavy (non-hydrogen) atoms. The second kappa shape index (κ2) is 9.89. The molecule has 1 atom stereocenters. The first-order valence-electron chi connectivity index (χ1n) is 10.5. The number of benzene rings is 1. The van der Waals surface area contributed by atoms with Gasteiger partial charge in [-0.05, 0) is 24.7 Å². The van der Waals surface area contributed by atoms with Crippen LogP contribution in [0.15, 0.2) is 24.3 Å². The van der Waals surface area contributed by atoms with E-state index in [-0.39, 0.29) is 0 Å². The van der Waals surface area contributed by atoms with Gasteiger partial charge in [0.15, 0.2) is 8.32 Å². The molecule has 0 aliphatic carbocycles. The largest absolute Gasteiger partial charge is 0.412 e. The first-order chi connectivity index (χ1) is 11.9. The zero-order valence-electron chi connectivity index (χ0n) is 17.2. The minimum absolute atomic E-state index is 0.938. The van der Waals surface area contributed by atoms with Crippen LogP contribution in [0.5, 0.6) is 0 Å². The normalized spacial score (nSPS) is 20.5. The van der Waals surface area contributed by atoms with Gasteiger partial charge in [0.05, 0.1) is 20.2 Å². The summed E-state index contributed by atoms with van der Waals surface area (Å²) in [5.41, 5.74) is 3.09. The van der Waals surface area contributed by atoms with Gasteiger partial charge in [-0.1, -0.05) is 69.7 Å². The molecule has 1 unspecified atom stereocenters. The maximum absolute atomic E-state index is 6.44. The molecule has 1 heterocycles. The Morgan fingerprint density at radius 2 is 1.68 bits per heavy atom. The molecule has 0 fully saturated rings. The Balaban J connectivity index is 1.67. The molecule has 3 heteroatoms. The number of hydrogen-bond donors (Lipinski definition) is 0. The average molecular weight is 363 g/mol. The number of likely N-dealkylation sites (N-methyl/N-ethyl adjacent to an activating group) is 1.